The number of aryl methyl sites for hydroxylation is 1. The molecule has 1 saturated carbocycles. The number of carbonyl (C=O) groups is 1. The lowest BCUT2D eigenvalue weighted by atomic mass is 9.84. The fourth-order valence-corrected chi connectivity index (χ4v) is 4.60. The molecular formula is C19H30N4O2. The highest BCUT2D eigenvalue weighted by Gasteiger charge is 2.38. The van der Waals surface area contributed by atoms with E-state index in [9.17, 15) is 9.90 Å². The number of piperidine rings is 1. The number of rotatable bonds is 4. The third-order valence-electron chi connectivity index (χ3n) is 6.41. The van der Waals surface area contributed by atoms with Crippen LogP contribution in [-0.2, 0) is 11.2 Å². The summed E-state index contributed by atoms with van der Waals surface area (Å²) < 4.78 is 0. The van der Waals surface area contributed by atoms with E-state index in [-0.39, 0.29) is 12.0 Å². The standard InChI is InChI=1S/C19H30N4O2/c1-13-9-16(21-20-13)10-15-11-23(12-18(15)24)17-5-7-22(8-6-17)19(25)14-3-2-4-14/h9,14-15,17-18,24H,2-8,10-12H2,1H3,(H,20,21)/t15-,18-/m1/s1. The zero-order valence-corrected chi connectivity index (χ0v) is 15.2. The maximum atomic E-state index is 12.4. The number of aliphatic hydroxyl groups excluding tert-OH is 1. The average Bonchev–Trinajstić information content (AvgIpc) is 3.12. The minimum Gasteiger partial charge on any atom is -0.391 e. The van der Waals surface area contributed by atoms with E-state index in [1.807, 2.05) is 6.92 Å². The molecule has 2 atom stereocenters. The van der Waals surface area contributed by atoms with Crippen LogP contribution in [0.1, 0.15) is 43.5 Å². The zero-order chi connectivity index (χ0) is 17.4. The van der Waals surface area contributed by atoms with E-state index in [0.717, 1.165) is 69.7 Å². The van der Waals surface area contributed by atoms with Crippen molar-refractivity contribution in [3.8, 4) is 0 Å². The molecule has 1 amide bonds. The molecule has 0 bridgehead atoms. The van der Waals surface area contributed by atoms with Crippen molar-refractivity contribution in [2.24, 2.45) is 11.8 Å². The molecule has 2 saturated heterocycles. The van der Waals surface area contributed by atoms with E-state index < -0.39 is 0 Å². The number of nitrogens with one attached hydrogen (secondary N) is 1. The molecule has 3 aliphatic rings. The number of H-pyrrole nitrogens is 1. The molecule has 6 heteroatoms. The SMILES string of the molecule is Cc1cc(C[C@@H]2CN(C3CCN(C(=O)C4CCC4)CC3)C[C@H]2O)n[nH]1. The highest BCUT2D eigenvalue weighted by atomic mass is 16.3. The van der Waals surface area contributed by atoms with Gasteiger partial charge in [0.05, 0.1) is 11.8 Å². The number of hydrogen-bond donors (Lipinski definition) is 2. The second kappa shape index (κ2) is 7.08. The zero-order valence-electron chi connectivity index (χ0n) is 15.2. The van der Waals surface area contributed by atoms with Gasteiger partial charge in [-0.3, -0.25) is 14.8 Å². The molecule has 2 N–H and O–H groups in total. The lowest BCUT2D eigenvalue weighted by molar-refractivity contribution is -0.139. The maximum absolute atomic E-state index is 12.4. The van der Waals surface area contributed by atoms with Gasteiger partial charge in [-0.15, -0.1) is 0 Å². The van der Waals surface area contributed by atoms with Crippen molar-refractivity contribution < 1.29 is 9.90 Å². The van der Waals surface area contributed by atoms with E-state index in [1.165, 1.54) is 6.42 Å². The third-order valence-corrected chi connectivity index (χ3v) is 6.41. The first-order chi connectivity index (χ1) is 12.1. The quantitative estimate of drug-likeness (QED) is 0.863. The number of aliphatic hydroxyl groups is 1. The Labute approximate surface area is 149 Å². The Morgan fingerprint density at radius 3 is 2.64 bits per heavy atom. The van der Waals surface area contributed by atoms with Crippen LogP contribution in [0.5, 0.6) is 0 Å². The summed E-state index contributed by atoms with van der Waals surface area (Å²) in [6.45, 7) is 5.47. The molecule has 3 heterocycles. The summed E-state index contributed by atoms with van der Waals surface area (Å²) in [7, 11) is 0. The van der Waals surface area contributed by atoms with Crippen molar-refractivity contribution in [3.63, 3.8) is 0 Å². The second-order valence-corrected chi connectivity index (χ2v) is 8.21. The Hall–Kier alpha value is -1.40. The van der Waals surface area contributed by atoms with E-state index in [2.05, 4.69) is 26.1 Å². The molecule has 1 aromatic heterocycles. The summed E-state index contributed by atoms with van der Waals surface area (Å²) in [4.78, 5) is 16.9. The lowest BCUT2D eigenvalue weighted by Crippen LogP contribution is -2.48. The number of likely N-dealkylation sites (tertiary alicyclic amines) is 2. The van der Waals surface area contributed by atoms with Gasteiger partial charge in [0.25, 0.3) is 0 Å². The molecule has 0 radical (unpaired) electrons. The van der Waals surface area contributed by atoms with E-state index in [1.54, 1.807) is 0 Å². The van der Waals surface area contributed by atoms with Crippen LogP contribution < -0.4 is 0 Å². The summed E-state index contributed by atoms with van der Waals surface area (Å²) >= 11 is 0. The predicted molar refractivity (Wildman–Crippen MR) is 95.0 cm³/mol. The second-order valence-electron chi connectivity index (χ2n) is 8.21. The number of β-amino-alcohol motifs (C(OH)–C–C–N with tert-alkyl or cyclic N) is 1. The Morgan fingerprint density at radius 2 is 2.04 bits per heavy atom. The smallest absolute Gasteiger partial charge is 0.225 e. The van der Waals surface area contributed by atoms with Crippen LogP contribution in [0.3, 0.4) is 0 Å². The molecular weight excluding hydrogens is 316 g/mol. The Balaban J connectivity index is 1.27. The minimum atomic E-state index is -0.272. The van der Waals surface area contributed by atoms with Gasteiger partial charge >= 0.3 is 0 Å². The fraction of sp³-hybridized carbons (Fsp3) is 0.789. The molecule has 25 heavy (non-hydrogen) atoms. The average molecular weight is 346 g/mol. The van der Waals surface area contributed by atoms with Crippen LogP contribution in [0.2, 0.25) is 0 Å². The van der Waals surface area contributed by atoms with Gasteiger partial charge in [-0.1, -0.05) is 6.42 Å². The van der Waals surface area contributed by atoms with Crippen LogP contribution in [0.25, 0.3) is 0 Å². The van der Waals surface area contributed by atoms with Crippen LogP contribution >= 0.6 is 0 Å². The number of amides is 1. The molecule has 3 fully saturated rings. The Morgan fingerprint density at radius 1 is 1.28 bits per heavy atom. The molecule has 1 aromatic rings. The van der Waals surface area contributed by atoms with Crippen molar-refractivity contribution >= 4 is 5.91 Å². The van der Waals surface area contributed by atoms with Crippen molar-refractivity contribution in [2.45, 2.75) is 57.6 Å². The molecule has 4 rings (SSSR count). The first-order valence-corrected chi connectivity index (χ1v) is 9.82. The Bertz CT molecular complexity index is 604. The summed E-state index contributed by atoms with van der Waals surface area (Å²) in [5.74, 6) is 0.960. The molecule has 1 aliphatic carbocycles. The minimum absolute atomic E-state index is 0.261. The molecule has 2 aliphatic heterocycles. The molecule has 0 aromatic carbocycles. The highest BCUT2D eigenvalue weighted by Crippen LogP contribution is 2.31. The largest absolute Gasteiger partial charge is 0.391 e. The van der Waals surface area contributed by atoms with Gasteiger partial charge in [0.15, 0.2) is 0 Å². The number of hydrogen-bond acceptors (Lipinski definition) is 4. The van der Waals surface area contributed by atoms with Gasteiger partial charge in [0.2, 0.25) is 5.91 Å². The maximum Gasteiger partial charge on any atom is 0.225 e. The van der Waals surface area contributed by atoms with Gasteiger partial charge in [0, 0.05) is 49.8 Å². The highest BCUT2D eigenvalue weighted by molar-refractivity contribution is 5.79. The van der Waals surface area contributed by atoms with Gasteiger partial charge < -0.3 is 10.0 Å². The number of aromatic amines is 1. The van der Waals surface area contributed by atoms with E-state index in [0.29, 0.717) is 17.9 Å². The first-order valence-electron chi connectivity index (χ1n) is 9.82. The van der Waals surface area contributed by atoms with Crippen molar-refractivity contribution in [3.05, 3.63) is 17.5 Å². The first kappa shape index (κ1) is 17.0. The fourth-order valence-electron chi connectivity index (χ4n) is 4.60. The van der Waals surface area contributed by atoms with Crippen molar-refractivity contribution in [1.29, 1.82) is 0 Å². The van der Waals surface area contributed by atoms with Gasteiger partial charge in [0.1, 0.15) is 0 Å². The van der Waals surface area contributed by atoms with Crippen LogP contribution in [0.4, 0.5) is 0 Å². The monoisotopic (exact) mass is 346 g/mol. The van der Waals surface area contributed by atoms with Gasteiger partial charge in [-0.25, -0.2) is 0 Å². The molecule has 0 spiro atoms. The van der Waals surface area contributed by atoms with Crippen molar-refractivity contribution in [2.75, 3.05) is 26.2 Å². The van der Waals surface area contributed by atoms with Crippen molar-refractivity contribution in [1.82, 2.24) is 20.0 Å². The normalized spacial score (nSPS) is 29.1. The molecule has 138 valence electrons. The lowest BCUT2D eigenvalue weighted by Gasteiger charge is -2.39. The van der Waals surface area contributed by atoms with Gasteiger partial charge in [-0.05, 0) is 45.1 Å². The van der Waals surface area contributed by atoms with E-state index in [4.69, 9.17) is 0 Å². The van der Waals surface area contributed by atoms with Crippen LogP contribution in [0.15, 0.2) is 6.07 Å². The number of aromatic nitrogens is 2. The summed E-state index contributed by atoms with van der Waals surface area (Å²) in [6, 6.07) is 2.57. The topological polar surface area (TPSA) is 72.5 Å². The third kappa shape index (κ3) is 3.60. The summed E-state index contributed by atoms with van der Waals surface area (Å²) in [6.07, 6.45) is 6.04. The summed E-state index contributed by atoms with van der Waals surface area (Å²) in [5.41, 5.74) is 2.12. The summed E-state index contributed by atoms with van der Waals surface area (Å²) in [5, 5.41) is 17.8. The van der Waals surface area contributed by atoms with Crippen LogP contribution in [0, 0.1) is 18.8 Å². The number of carbonyl (C=O) groups excluding carboxylic acids is 1. The van der Waals surface area contributed by atoms with E-state index >= 15 is 0 Å². The van der Waals surface area contributed by atoms with Gasteiger partial charge in [-0.2, -0.15) is 5.10 Å². The Kier molecular flexibility index (Phi) is 4.82. The van der Waals surface area contributed by atoms with Crippen LogP contribution in [-0.4, -0.2) is 69.3 Å². The predicted octanol–water partition coefficient (Wildman–Crippen LogP) is 1.34. The number of nitrogens with zero attached hydrogens (tertiary/aromatic N) is 3. The molecule has 0 unspecified atom stereocenters. The molecule has 6 nitrogen and oxygen atoms in total.